The van der Waals surface area contributed by atoms with Crippen LogP contribution >= 0.6 is 0 Å². The molecule has 3 aliphatic heterocycles. The maximum absolute atomic E-state index is 14.1. The first kappa shape index (κ1) is 22.1. The van der Waals surface area contributed by atoms with Gasteiger partial charge in [0.2, 0.25) is 0 Å². The lowest BCUT2D eigenvalue weighted by atomic mass is 9.81. The van der Waals surface area contributed by atoms with Gasteiger partial charge in [-0.05, 0) is 39.3 Å². The molecule has 3 heterocycles. The third kappa shape index (κ3) is 4.60. The predicted molar refractivity (Wildman–Crippen MR) is 118 cm³/mol. The van der Waals surface area contributed by atoms with E-state index in [1.165, 1.54) is 0 Å². The van der Waals surface area contributed by atoms with Gasteiger partial charge in [0, 0.05) is 38.6 Å². The molecule has 1 fully saturated rings. The monoisotopic (exact) mass is 416 g/mol. The number of amides is 2. The summed E-state index contributed by atoms with van der Waals surface area (Å²) < 4.78 is 19.8. The van der Waals surface area contributed by atoms with E-state index in [2.05, 4.69) is 18.5 Å². The zero-order chi connectivity index (χ0) is 22.1. The molecule has 0 saturated carbocycles. The lowest BCUT2D eigenvalue weighted by molar-refractivity contribution is 0.00960. The van der Waals surface area contributed by atoms with Gasteiger partial charge in [0.15, 0.2) is 11.7 Å². The van der Waals surface area contributed by atoms with E-state index in [9.17, 15) is 9.18 Å². The second-order valence-corrected chi connectivity index (χ2v) is 9.00. The third-order valence-electron chi connectivity index (χ3n) is 5.66. The summed E-state index contributed by atoms with van der Waals surface area (Å²) in [6, 6.07) is -0.0796. The molecule has 0 radical (unpaired) electrons. The summed E-state index contributed by atoms with van der Waals surface area (Å²) in [5.74, 6) is 0.899. The number of aliphatic imine (C=N–C) groups is 1. The number of likely N-dealkylation sites (N-methyl/N-ethyl adjacent to an activating group) is 1. The smallest absolute Gasteiger partial charge is 0.325 e. The first-order chi connectivity index (χ1) is 14.1. The molecule has 1 saturated heterocycles. The van der Waals surface area contributed by atoms with Gasteiger partial charge in [-0.15, -0.1) is 0 Å². The fraction of sp³-hybridized carbons (Fsp3) is 0.565. The minimum Gasteiger partial charge on any atom is -0.494 e. The van der Waals surface area contributed by atoms with Crippen LogP contribution in [0.15, 0.2) is 52.7 Å². The molecule has 1 unspecified atom stereocenters. The Morgan fingerprint density at radius 2 is 2.20 bits per heavy atom. The van der Waals surface area contributed by atoms with Crippen molar-refractivity contribution in [1.29, 1.82) is 0 Å². The standard InChI is InChI=1S/C23H33FN4O2/c1-16(2)9-10-20-18(4)30-12-17(3)28(20)22(29)27-14-23(5,15-27)13-26(6)21-19(24)8-7-11-25-21/h8-10,17H,1,7,11-15H2,2-6H3/b10-9-. The molecule has 164 valence electrons. The van der Waals surface area contributed by atoms with E-state index in [1.807, 2.05) is 54.7 Å². The van der Waals surface area contributed by atoms with Crippen LogP contribution in [-0.4, -0.2) is 72.4 Å². The van der Waals surface area contributed by atoms with Crippen LogP contribution in [0.2, 0.25) is 0 Å². The Hall–Kier alpha value is -2.57. The molecular weight excluding hydrogens is 383 g/mol. The number of amidine groups is 1. The number of carbonyl (C=O) groups is 1. The first-order valence-electron chi connectivity index (χ1n) is 10.5. The predicted octanol–water partition coefficient (Wildman–Crippen LogP) is 4.10. The molecule has 1 atom stereocenters. The van der Waals surface area contributed by atoms with Crippen LogP contribution in [0.4, 0.5) is 9.18 Å². The zero-order valence-corrected chi connectivity index (χ0v) is 18.7. The van der Waals surface area contributed by atoms with Gasteiger partial charge in [-0.3, -0.25) is 9.89 Å². The Morgan fingerprint density at radius 1 is 1.50 bits per heavy atom. The second kappa shape index (κ2) is 8.66. The molecule has 0 aliphatic carbocycles. The zero-order valence-electron chi connectivity index (χ0n) is 18.7. The van der Waals surface area contributed by atoms with Gasteiger partial charge in [0.05, 0.1) is 11.7 Å². The maximum Gasteiger partial charge on any atom is 0.325 e. The van der Waals surface area contributed by atoms with Crippen molar-refractivity contribution in [2.24, 2.45) is 10.4 Å². The van der Waals surface area contributed by atoms with Crippen LogP contribution in [0, 0.1) is 5.41 Å². The SMILES string of the molecule is C=C(C)/C=C\C1=C(C)OCC(C)N1C(=O)N1CC(C)(CN(C)C2=NCCC=C2F)C1. The Bertz CT molecular complexity index is 836. The molecule has 3 rings (SSSR count). The summed E-state index contributed by atoms with van der Waals surface area (Å²) in [4.78, 5) is 23.2. The molecule has 30 heavy (non-hydrogen) atoms. The molecule has 6 nitrogen and oxygen atoms in total. The van der Waals surface area contributed by atoms with Crippen LogP contribution < -0.4 is 0 Å². The van der Waals surface area contributed by atoms with Gasteiger partial charge in [0.25, 0.3) is 0 Å². The van der Waals surface area contributed by atoms with E-state index in [1.54, 1.807) is 6.08 Å². The highest BCUT2D eigenvalue weighted by Gasteiger charge is 2.45. The minimum absolute atomic E-state index is 0.0206. The number of carbonyl (C=O) groups excluding carboxylic acids is 1. The van der Waals surface area contributed by atoms with E-state index in [0.717, 1.165) is 17.0 Å². The summed E-state index contributed by atoms with van der Waals surface area (Å²) in [6.07, 6.45) is 6.03. The van der Waals surface area contributed by atoms with Gasteiger partial charge in [0.1, 0.15) is 12.4 Å². The summed E-state index contributed by atoms with van der Waals surface area (Å²) in [5, 5.41) is 0. The average Bonchev–Trinajstić information content (AvgIpc) is 2.66. The second-order valence-electron chi connectivity index (χ2n) is 9.00. The van der Waals surface area contributed by atoms with Crippen molar-refractivity contribution in [1.82, 2.24) is 14.7 Å². The topological polar surface area (TPSA) is 48.4 Å². The van der Waals surface area contributed by atoms with E-state index >= 15 is 0 Å². The number of allylic oxidation sites excluding steroid dienone is 4. The van der Waals surface area contributed by atoms with Crippen molar-refractivity contribution < 1.29 is 13.9 Å². The van der Waals surface area contributed by atoms with Gasteiger partial charge < -0.3 is 14.5 Å². The Balaban J connectivity index is 1.67. The molecular formula is C23H33FN4O2. The van der Waals surface area contributed by atoms with E-state index in [-0.39, 0.29) is 23.3 Å². The van der Waals surface area contributed by atoms with E-state index in [4.69, 9.17) is 4.74 Å². The van der Waals surface area contributed by atoms with Crippen LogP contribution in [0.1, 0.15) is 34.1 Å². The summed E-state index contributed by atoms with van der Waals surface area (Å²) in [7, 11) is 1.87. The number of nitrogens with zero attached hydrogens (tertiary/aromatic N) is 4. The number of halogens is 1. The van der Waals surface area contributed by atoms with Crippen LogP contribution in [0.5, 0.6) is 0 Å². The molecule has 0 aromatic heterocycles. The summed E-state index contributed by atoms with van der Waals surface area (Å²) >= 11 is 0. The van der Waals surface area contributed by atoms with Gasteiger partial charge in [-0.25, -0.2) is 9.18 Å². The molecule has 7 heteroatoms. The lowest BCUT2D eigenvalue weighted by Crippen LogP contribution is -2.64. The molecule has 0 bridgehead atoms. The number of rotatable bonds is 4. The van der Waals surface area contributed by atoms with Crippen molar-refractivity contribution in [3.05, 3.63) is 47.7 Å². The lowest BCUT2D eigenvalue weighted by Gasteiger charge is -2.52. The Labute approximate surface area is 179 Å². The van der Waals surface area contributed by atoms with E-state index in [0.29, 0.717) is 45.0 Å². The first-order valence-corrected chi connectivity index (χ1v) is 10.5. The van der Waals surface area contributed by atoms with E-state index < -0.39 is 0 Å². The van der Waals surface area contributed by atoms with Crippen LogP contribution in [0.25, 0.3) is 0 Å². The quantitative estimate of drug-likeness (QED) is 0.649. The van der Waals surface area contributed by atoms with Crippen molar-refractivity contribution in [3.63, 3.8) is 0 Å². The fourth-order valence-corrected chi connectivity index (χ4v) is 4.25. The molecule has 2 amide bonds. The maximum atomic E-state index is 14.1. The summed E-state index contributed by atoms with van der Waals surface area (Å²) in [5.41, 5.74) is 1.58. The number of urea groups is 1. The largest absolute Gasteiger partial charge is 0.494 e. The summed E-state index contributed by atoms with van der Waals surface area (Å²) in [6.45, 7) is 14.8. The molecule has 0 N–H and O–H groups in total. The average molecular weight is 417 g/mol. The third-order valence-corrected chi connectivity index (χ3v) is 5.66. The highest BCUT2D eigenvalue weighted by Crippen LogP contribution is 2.34. The molecule has 0 aromatic rings. The van der Waals surface area contributed by atoms with Gasteiger partial charge >= 0.3 is 6.03 Å². The number of hydrogen-bond donors (Lipinski definition) is 0. The minimum atomic E-state index is -0.253. The number of ether oxygens (including phenoxy) is 1. The molecule has 3 aliphatic rings. The van der Waals surface area contributed by atoms with Crippen molar-refractivity contribution in [3.8, 4) is 0 Å². The Morgan fingerprint density at radius 3 is 2.83 bits per heavy atom. The van der Waals surface area contributed by atoms with Crippen molar-refractivity contribution >= 4 is 11.9 Å². The number of dihydropyridines is 1. The van der Waals surface area contributed by atoms with Gasteiger partial charge in [-0.1, -0.05) is 25.2 Å². The highest BCUT2D eigenvalue weighted by atomic mass is 19.1. The fourth-order valence-electron chi connectivity index (χ4n) is 4.25. The van der Waals surface area contributed by atoms with Gasteiger partial charge in [-0.2, -0.15) is 0 Å². The number of hydrogen-bond acceptors (Lipinski definition) is 4. The Kier molecular flexibility index (Phi) is 6.38. The molecule has 0 aromatic carbocycles. The molecule has 0 spiro atoms. The van der Waals surface area contributed by atoms with Crippen LogP contribution in [0.3, 0.4) is 0 Å². The highest BCUT2D eigenvalue weighted by molar-refractivity contribution is 5.96. The van der Waals surface area contributed by atoms with Crippen molar-refractivity contribution in [2.45, 2.75) is 40.2 Å². The normalized spacial score (nSPS) is 23.6. The number of likely N-dealkylation sites (tertiary alicyclic amines) is 1. The van der Waals surface area contributed by atoms with Crippen molar-refractivity contribution in [2.75, 3.05) is 39.8 Å². The van der Waals surface area contributed by atoms with Crippen LogP contribution in [-0.2, 0) is 4.74 Å².